The summed E-state index contributed by atoms with van der Waals surface area (Å²) in [5.41, 5.74) is 7.18. The Morgan fingerprint density at radius 2 is 2.21 bits per heavy atom. The van der Waals surface area contributed by atoms with Gasteiger partial charge in [0.15, 0.2) is 0 Å². The number of urea groups is 1. The molecule has 2 fully saturated rings. The van der Waals surface area contributed by atoms with E-state index in [1.54, 1.807) is 0 Å². The molecule has 0 saturated heterocycles. The molecule has 2 amide bonds. The van der Waals surface area contributed by atoms with E-state index in [0.717, 1.165) is 11.8 Å². The fraction of sp³-hybridized carbons (Fsp3) is 0.800. The van der Waals surface area contributed by atoms with E-state index >= 15 is 0 Å². The van der Waals surface area contributed by atoms with E-state index in [1.165, 1.54) is 19.3 Å². The number of rotatable bonds is 2. The van der Waals surface area contributed by atoms with E-state index in [4.69, 9.17) is 5.73 Å². The molecule has 4 nitrogen and oxygen atoms in total. The molecule has 2 aliphatic carbocycles. The van der Waals surface area contributed by atoms with Crippen LogP contribution < -0.4 is 11.2 Å². The standard InChI is InChI=1S/C10H17N3O/c1-6-7-2-3-8(4-7)9(6)5-12-13-10(11)14/h5-9H,2-4H2,1H3,(H3,11,13,14)/b12-5+. The minimum Gasteiger partial charge on any atom is -0.350 e. The van der Waals surface area contributed by atoms with Crippen LogP contribution in [0, 0.1) is 23.7 Å². The maximum atomic E-state index is 10.4. The number of nitrogens with one attached hydrogen (secondary N) is 1. The van der Waals surface area contributed by atoms with Crippen molar-refractivity contribution in [1.82, 2.24) is 5.43 Å². The number of nitrogens with zero attached hydrogens (tertiary/aromatic N) is 1. The highest BCUT2D eigenvalue weighted by atomic mass is 16.2. The summed E-state index contributed by atoms with van der Waals surface area (Å²) in [6.45, 7) is 2.28. The van der Waals surface area contributed by atoms with Gasteiger partial charge in [-0.2, -0.15) is 5.10 Å². The summed E-state index contributed by atoms with van der Waals surface area (Å²) >= 11 is 0. The summed E-state index contributed by atoms with van der Waals surface area (Å²) in [5.74, 6) is 2.92. The third-order valence-corrected chi connectivity index (χ3v) is 3.83. The third-order valence-electron chi connectivity index (χ3n) is 3.83. The second-order valence-corrected chi connectivity index (χ2v) is 4.52. The number of nitrogens with two attached hydrogens (primary N) is 1. The molecule has 4 atom stereocenters. The van der Waals surface area contributed by atoms with E-state index in [-0.39, 0.29) is 0 Å². The number of carbonyl (C=O) groups is 1. The highest BCUT2D eigenvalue weighted by Crippen LogP contribution is 2.51. The van der Waals surface area contributed by atoms with Crippen LogP contribution in [-0.2, 0) is 0 Å². The number of carbonyl (C=O) groups excluding carboxylic acids is 1. The van der Waals surface area contributed by atoms with Crippen molar-refractivity contribution < 1.29 is 4.79 Å². The van der Waals surface area contributed by atoms with Crippen molar-refractivity contribution in [1.29, 1.82) is 0 Å². The number of fused-ring (bicyclic) bond motifs is 2. The van der Waals surface area contributed by atoms with Gasteiger partial charge in [0.2, 0.25) is 0 Å². The Bertz CT molecular complexity index is 262. The number of hydrogen-bond acceptors (Lipinski definition) is 2. The molecule has 0 aliphatic heterocycles. The summed E-state index contributed by atoms with van der Waals surface area (Å²) in [6.07, 6.45) is 5.91. The Labute approximate surface area is 83.9 Å². The third kappa shape index (κ3) is 1.61. The first kappa shape index (κ1) is 9.49. The number of primary amides is 1. The topological polar surface area (TPSA) is 67.5 Å². The molecule has 2 rings (SSSR count). The lowest BCUT2D eigenvalue weighted by molar-refractivity contribution is 0.249. The summed E-state index contributed by atoms with van der Waals surface area (Å²) in [7, 11) is 0. The average Bonchev–Trinajstić information content (AvgIpc) is 2.68. The van der Waals surface area contributed by atoms with E-state index in [2.05, 4.69) is 17.5 Å². The van der Waals surface area contributed by atoms with Gasteiger partial charge in [-0.25, -0.2) is 10.2 Å². The van der Waals surface area contributed by atoms with E-state index in [1.807, 2.05) is 6.21 Å². The Balaban J connectivity index is 1.92. The fourth-order valence-corrected chi connectivity index (χ4v) is 3.07. The van der Waals surface area contributed by atoms with Crippen LogP contribution in [0.1, 0.15) is 26.2 Å². The molecule has 2 aliphatic rings. The predicted molar refractivity (Wildman–Crippen MR) is 54.7 cm³/mol. The molecule has 0 heterocycles. The largest absolute Gasteiger partial charge is 0.350 e. The minimum atomic E-state index is -0.586. The Morgan fingerprint density at radius 1 is 1.50 bits per heavy atom. The van der Waals surface area contributed by atoms with E-state index in [9.17, 15) is 4.79 Å². The molecule has 78 valence electrons. The number of hydrazone groups is 1. The first-order valence-corrected chi connectivity index (χ1v) is 5.27. The van der Waals surface area contributed by atoms with Crippen LogP contribution in [0.25, 0.3) is 0 Å². The predicted octanol–water partition coefficient (Wildman–Crippen LogP) is 1.32. The van der Waals surface area contributed by atoms with Crippen molar-refractivity contribution >= 4 is 12.2 Å². The molecule has 4 unspecified atom stereocenters. The smallest absolute Gasteiger partial charge is 0.332 e. The van der Waals surface area contributed by atoms with Gasteiger partial charge in [-0.15, -0.1) is 0 Å². The van der Waals surface area contributed by atoms with Crippen molar-refractivity contribution in [2.75, 3.05) is 0 Å². The van der Waals surface area contributed by atoms with Gasteiger partial charge in [-0.1, -0.05) is 6.92 Å². The minimum absolute atomic E-state index is 0.542. The normalized spacial score (nSPS) is 40.6. The number of hydrogen-bond donors (Lipinski definition) is 2. The highest BCUT2D eigenvalue weighted by molar-refractivity contribution is 5.73. The van der Waals surface area contributed by atoms with Gasteiger partial charge in [-0.05, 0) is 37.0 Å². The van der Waals surface area contributed by atoms with Crippen molar-refractivity contribution in [3.63, 3.8) is 0 Å². The fourth-order valence-electron chi connectivity index (χ4n) is 3.07. The lowest BCUT2D eigenvalue weighted by atomic mass is 9.81. The maximum Gasteiger partial charge on any atom is 0.332 e. The monoisotopic (exact) mass is 195 g/mol. The first-order chi connectivity index (χ1) is 6.68. The van der Waals surface area contributed by atoms with Crippen LogP contribution in [0.15, 0.2) is 5.10 Å². The van der Waals surface area contributed by atoms with Gasteiger partial charge in [0.25, 0.3) is 0 Å². The number of amides is 2. The first-order valence-electron chi connectivity index (χ1n) is 5.27. The van der Waals surface area contributed by atoms with Crippen LogP contribution >= 0.6 is 0 Å². The van der Waals surface area contributed by atoms with Crippen LogP contribution in [0.4, 0.5) is 4.79 Å². The van der Waals surface area contributed by atoms with Crippen LogP contribution in [-0.4, -0.2) is 12.2 Å². The summed E-state index contributed by atoms with van der Waals surface area (Å²) in [4.78, 5) is 10.4. The zero-order chi connectivity index (χ0) is 10.1. The highest BCUT2D eigenvalue weighted by Gasteiger charge is 2.44. The van der Waals surface area contributed by atoms with Crippen LogP contribution in [0.5, 0.6) is 0 Å². The van der Waals surface area contributed by atoms with Gasteiger partial charge >= 0.3 is 6.03 Å². The Kier molecular flexibility index (Phi) is 2.44. The molecule has 2 bridgehead atoms. The molecular weight excluding hydrogens is 178 g/mol. The lowest BCUT2D eigenvalue weighted by Crippen LogP contribution is -2.27. The van der Waals surface area contributed by atoms with Crippen molar-refractivity contribution in [2.24, 2.45) is 34.5 Å². The van der Waals surface area contributed by atoms with E-state index in [0.29, 0.717) is 11.8 Å². The van der Waals surface area contributed by atoms with Gasteiger partial charge in [0.1, 0.15) is 0 Å². The molecule has 0 spiro atoms. The van der Waals surface area contributed by atoms with Crippen molar-refractivity contribution in [3.05, 3.63) is 0 Å². The van der Waals surface area contributed by atoms with Crippen molar-refractivity contribution in [2.45, 2.75) is 26.2 Å². The van der Waals surface area contributed by atoms with Gasteiger partial charge in [0.05, 0.1) is 0 Å². The molecule has 14 heavy (non-hydrogen) atoms. The second kappa shape index (κ2) is 3.59. The lowest BCUT2D eigenvalue weighted by Gasteiger charge is -2.24. The molecule has 0 aromatic heterocycles. The molecule has 4 heteroatoms. The van der Waals surface area contributed by atoms with Gasteiger partial charge in [0, 0.05) is 12.1 Å². The SMILES string of the molecule is CC1C2CCC(C2)C1/C=N/NC(N)=O. The maximum absolute atomic E-state index is 10.4. The zero-order valence-corrected chi connectivity index (χ0v) is 8.44. The molecular formula is C10H17N3O. The van der Waals surface area contributed by atoms with E-state index < -0.39 is 6.03 Å². The van der Waals surface area contributed by atoms with Gasteiger partial charge < -0.3 is 5.73 Å². The molecule has 3 N–H and O–H groups in total. The molecule has 0 aromatic carbocycles. The summed E-state index contributed by atoms with van der Waals surface area (Å²) in [5, 5.41) is 3.87. The quantitative estimate of drug-likeness (QED) is 0.506. The molecule has 0 radical (unpaired) electrons. The zero-order valence-electron chi connectivity index (χ0n) is 8.44. The Morgan fingerprint density at radius 3 is 2.79 bits per heavy atom. The molecule has 0 aromatic rings. The second-order valence-electron chi connectivity index (χ2n) is 4.52. The van der Waals surface area contributed by atoms with Crippen LogP contribution in [0.2, 0.25) is 0 Å². The van der Waals surface area contributed by atoms with Crippen LogP contribution in [0.3, 0.4) is 0 Å². The molecule has 2 saturated carbocycles. The average molecular weight is 195 g/mol. The summed E-state index contributed by atoms with van der Waals surface area (Å²) in [6, 6.07) is -0.586. The Hall–Kier alpha value is -1.06. The van der Waals surface area contributed by atoms with Crippen molar-refractivity contribution in [3.8, 4) is 0 Å². The summed E-state index contributed by atoms with van der Waals surface area (Å²) < 4.78 is 0. The van der Waals surface area contributed by atoms with Gasteiger partial charge in [-0.3, -0.25) is 0 Å².